The Balaban J connectivity index is 1.84. The SMILES string of the molecule is CCNC(CCc1cccs1)CCc1ccccc1C. The molecule has 0 saturated heterocycles. The molecular weight excluding hydrogens is 262 g/mol. The maximum atomic E-state index is 3.64. The molecule has 2 rings (SSSR count). The molecule has 2 aromatic rings. The van der Waals surface area contributed by atoms with Crippen molar-refractivity contribution in [1.82, 2.24) is 5.32 Å². The molecule has 0 fully saturated rings. The number of hydrogen-bond acceptors (Lipinski definition) is 2. The molecule has 20 heavy (non-hydrogen) atoms. The summed E-state index contributed by atoms with van der Waals surface area (Å²) in [5.41, 5.74) is 2.91. The Morgan fingerprint density at radius 2 is 1.85 bits per heavy atom. The quantitative estimate of drug-likeness (QED) is 0.748. The average Bonchev–Trinajstić information content (AvgIpc) is 2.97. The average molecular weight is 287 g/mol. The van der Waals surface area contributed by atoms with E-state index in [0.29, 0.717) is 6.04 Å². The lowest BCUT2D eigenvalue weighted by molar-refractivity contribution is 0.465. The molecule has 108 valence electrons. The Kier molecular flexibility index (Phi) is 6.28. The summed E-state index contributed by atoms with van der Waals surface area (Å²) in [7, 11) is 0. The van der Waals surface area contributed by atoms with Crippen molar-refractivity contribution in [1.29, 1.82) is 0 Å². The molecule has 0 bridgehead atoms. The number of hydrogen-bond donors (Lipinski definition) is 1. The summed E-state index contributed by atoms with van der Waals surface area (Å²) < 4.78 is 0. The number of rotatable bonds is 8. The van der Waals surface area contributed by atoms with Gasteiger partial charge in [-0.25, -0.2) is 0 Å². The molecule has 1 aromatic carbocycles. The standard InChI is InChI=1S/C18H25NS/c1-3-19-17(12-13-18-9-6-14-20-18)11-10-16-8-5-4-7-15(16)2/h4-9,14,17,19H,3,10-13H2,1-2H3. The lowest BCUT2D eigenvalue weighted by Crippen LogP contribution is -2.29. The summed E-state index contributed by atoms with van der Waals surface area (Å²) >= 11 is 1.87. The molecule has 1 nitrogen and oxygen atoms in total. The van der Waals surface area contributed by atoms with Crippen molar-refractivity contribution in [3.8, 4) is 0 Å². The van der Waals surface area contributed by atoms with Crippen LogP contribution in [0.15, 0.2) is 41.8 Å². The van der Waals surface area contributed by atoms with Crippen molar-refractivity contribution < 1.29 is 0 Å². The van der Waals surface area contributed by atoms with Gasteiger partial charge in [-0.2, -0.15) is 0 Å². The number of aryl methyl sites for hydroxylation is 3. The van der Waals surface area contributed by atoms with Crippen LogP contribution in [-0.4, -0.2) is 12.6 Å². The molecule has 1 heterocycles. The van der Waals surface area contributed by atoms with Gasteiger partial charge in [0.05, 0.1) is 0 Å². The van der Waals surface area contributed by atoms with Crippen LogP contribution in [0.25, 0.3) is 0 Å². The molecule has 1 N–H and O–H groups in total. The van der Waals surface area contributed by atoms with Gasteiger partial charge in [0.25, 0.3) is 0 Å². The summed E-state index contributed by atoms with van der Waals surface area (Å²) in [6, 6.07) is 13.8. The third-order valence-corrected chi connectivity index (χ3v) is 4.77. The zero-order valence-electron chi connectivity index (χ0n) is 12.6. The zero-order chi connectivity index (χ0) is 14.2. The Morgan fingerprint density at radius 3 is 2.55 bits per heavy atom. The second-order valence-corrected chi connectivity index (χ2v) is 6.37. The lowest BCUT2D eigenvalue weighted by atomic mass is 9.98. The Labute approximate surface area is 127 Å². The summed E-state index contributed by atoms with van der Waals surface area (Å²) in [6.07, 6.45) is 4.84. The van der Waals surface area contributed by atoms with E-state index in [2.05, 4.69) is 60.9 Å². The lowest BCUT2D eigenvalue weighted by Gasteiger charge is -2.18. The van der Waals surface area contributed by atoms with E-state index < -0.39 is 0 Å². The molecule has 0 radical (unpaired) electrons. The van der Waals surface area contributed by atoms with Gasteiger partial charge in [-0.15, -0.1) is 11.3 Å². The molecule has 1 atom stereocenters. The molecule has 0 aliphatic heterocycles. The Morgan fingerprint density at radius 1 is 1.05 bits per heavy atom. The maximum absolute atomic E-state index is 3.64. The molecule has 2 heteroatoms. The molecule has 1 unspecified atom stereocenters. The minimum atomic E-state index is 0.627. The first-order valence-corrected chi connectivity index (χ1v) is 8.48. The highest BCUT2D eigenvalue weighted by atomic mass is 32.1. The van der Waals surface area contributed by atoms with E-state index in [-0.39, 0.29) is 0 Å². The van der Waals surface area contributed by atoms with Gasteiger partial charge in [-0.05, 0) is 61.7 Å². The van der Waals surface area contributed by atoms with Gasteiger partial charge in [-0.1, -0.05) is 37.3 Å². The Bertz CT molecular complexity index is 490. The predicted octanol–water partition coefficient (Wildman–Crippen LogP) is 4.60. The van der Waals surface area contributed by atoms with Crippen LogP contribution in [0.5, 0.6) is 0 Å². The number of benzene rings is 1. The molecule has 1 aromatic heterocycles. The summed E-state index contributed by atoms with van der Waals surface area (Å²) in [5, 5.41) is 5.81. The van der Waals surface area contributed by atoms with Crippen molar-refractivity contribution in [3.05, 3.63) is 57.8 Å². The minimum Gasteiger partial charge on any atom is -0.314 e. The van der Waals surface area contributed by atoms with E-state index >= 15 is 0 Å². The van der Waals surface area contributed by atoms with Crippen molar-refractivity contribution in [3.63, 3.8) is 0 Å². The first-order valence-electron chi connectivity index (χ1n) is 7.60. The van der Waals surface area contributed by atoms with Gasteiger partial charge >= 0.3 is 0 Å². The first-order chi connectivity index (χ1) is 9.79. The van der Waals surface area contributed by atoms with Crippen LogP contribution >= 0.6 is 11.3 Å². The predicted molar refractivity (Wildman–Crippen MR) is 89.6 cm³/mol. The van der Waals surface area contributed by atoms with Crippen LogP contribution in [0.1, 0.15) is 35.8 Å². The number of nitrogens with one attached hydrogen (secondary N) is 1. The van der Waals surface area contributed by atoms with Crippen LogP contribution < -0.4 is 5.32 Å². The summed E-state index contributed by atoms with van der Waals surface area (Å²) in [5.74, 6) is 0. The monoisotopic (exact) mass is 287 g/mol. The Hall–Kier alpha value is -1.12. The largest absolute Gasteiger partial charge is 0.314 e. The second kappa shape index (κ2) is 8.23. The third-order valence-electron chi connectivity index (χ3n) is 3.84. The van der Waals surface area contributed by atoms with E-state index in [1.54, 1.807) is 0 Å². The number of thiophene rings is 1. The first kappa shape index (κ1) is 15.3. The van der Waals surface area contributed by atoms with Crippen LogP contribution in [-0.2, 0) is 12.8 Å². The molecule has 0 amide bonds. The highest BCUT2D eigenvalue weighted by molar-refractivity contribution is 7.09. The van der Waals surface area contributed by atoms with Crippen LogP contribution in [0.4, 0.5) is 0 Å². The highest BCUT2D eigenvalue weighted by Gasteiger charge is 2.09. The van der Waals surface area contributed by atoms with Gasteiger partial charge in [-0.3, -0.25) is 0 Å². The van der Waals surface area contributed by atoms with E-state index in [0.717, 1.165) is 6.54 Å². The van der Waals surface area contributed by atoms with E-state index in [4.69, 9.17) is 0 Å². The topological polar surface area (TPSA) is 12.0 Å². The molecule has 0 spiro atoms. The van der Waals surface area contributed by atoms with Gasteiger partial charge < -0.3 is 5.32 Å². The maximum Gasteiger partial charge on any atom is 0.00735 e. The van der Waals surface area contributed by atoms with Gasteiger partial charge in [0, 0.05) is 10.9 Å². The van der Waals surface area contributed by atoms with Gasteiger partial charge in [0.15, 0.2) is 0 Å². The molecule has 0 aliphatic carbocycles. The van der Waals surface area contributed by atoms with Crippen molar-refractivity contribution in [2.24, 2.45) is 0 Å². The molecule has 0 aliphatic rings. The van der Waals surface area contributed by atoms with E-state index in [9.17, 15) is 0 Å². The molecular formula is C18H25NS. The van der Waals surface area contributed by atoms with Crippen LogP contribution in [0.3, 0.4) is 0 Å². The fourth-order valence-corrected chi connectivity index (χ4v) is 3.35. The van der Waals surface area contributed by atoms with Crippen molar-refractivity contribution in [2.45, 2.75) is 45.6 Å². The fourth-order valence-electron chi connectivity index (χ4n) is 2.63. The molecule has 0 saturated carbocycles. The minimum absolute atomic E-state index is 0.627. The second-order valence-electron chi connectivity index (χ2n) is 5.34. The third kappa shape index (κ3) is 4.77. The highest BCUT2D eigenvalue weighted by Crippen LogP contribution is 2.16. The van der Waals surface area contributed by atoms with Crippen molar-refractivity contribution in [2.75, 3.05) is 6.54 Å². The van der Waals surface area contributed by atoms with Gasteiger partial charge in [0.1, 0.15) is 0 Å². The summed E-state index contributed by atoms with van der Waals surface area (Å²) in [4.78, 5) is 1.50. The summed E-state index contributed by atoms with van der Waals surface area (Å²) in [6.45, 7) is 5.47. The van der Waals surface area contributed by atoms with Crippen LogP contribution in [0, 0.1) is 6.92 Å². The van der Waals surface area contributed by atoms with Crippen molar-refractivity contribution >= 4 is 11.3 Å². The zero-order valence-corrected chi connectivity index (χ0v) is 13.4. The van der Waals surface area contributed by atoms with Crippen LogP contribution in [0.2, 0.25) is 0 Å². The van der Waals surface area contributed by atoms with Gasteiger partial charge in [0.2, 0.25) is 0 Å². The normalized spacial score (nSPS) is 12.5. The van der Waals surface area contributed by atoms with E-state index in [1.807, 2.05) is 11.3 Å². The fraction of sp³-hybridized carbons (Fsp3) is 0.444. The smallest absolute Gasteiger partial charge is 0.00735 e. The van der Waals surface area contributed by atoms with E-state index in [1.165, 1.54) is 41.7 Å².